The maximum atomic E-state index is 13.4. The third-order valence-corrected chi connectivity index (χ3v) is 18.9. The Hall–Kier alpha value is -6.77. The van der Waals surface area contributed by atoms with Gasteiger partial charge in [0.05, 0.1) is 28.7 Å². The number of β-amino-alcohol motifs (C(OH)–C–C–N with tert-alkyl or cyclic N) is 1. The number of hydrogen-bond acceptors (Lipinski definition) is 8. The number of aliphatic hydroxyl groups excluding tert-OH is 1. The summed E-state index contributed by atoms with van der Waals surface area (Å²) >= 11 is 17.9. The molecule has 3 saturated heterocycles. The molecule has 87 heavy (non-hydrogen) atoms. The molecule has 0 saturated carbocycles. The molecule has 6 heterocycles. The van der Waals surface area contributed by atoms with E-state index in [-0.39, 0.29) is 6.61 Å². The third-order valence-electron chi connectivity index (χ3n) is 18.1. The molecule has 1 unspecified atom stereocenters. The van der Waals surface area contributed by atoms with Crippen molar-refractivity contribution in [3.63, 3.8) is 0 Å². The van der Waals surface area contributed by atoms with Crippen LogP contribution in [0.25, 0.3) is 32.7 Å². The molecule has 0 radical (unpaired) electrons. The van der Waals surface area contributed by atoms with Gasteiger partial charge in [0, 0.05) is 101 Å². The summed E-state index contributed by atoms with van der Waals surface area (Å²) in [6, 6.07) is 46.7. The van der Waals surface area contributed by atoms with E-state index in [4.69, 9.17) is 49.0 Å². The van der Waals surface area contributed by atoms with Crippen LogP contribution < -0.4 is 14.2 Å². The number of benzene rings is 6. The number of carbonyl (C=O) groups is 2. The van der Waals surface area contributed by atoms with Crippen molar-refractivity contribution in [2.75, 3.05) is 52.4 Å². The van der Waals surface area contributed by atoms with Gasteiger partial charge in [-0.05, 0) is 185 Å². The van der Waals surface area contributed by atoms with Crippen LogP contribution in [0.2, 0.25) is 15.1 Å². The van der Waals surface area contributed by atoms with Crippen molar-refractivity contribution in [2.45, 2.75) is 91.6 Å². The first-order valence-corrected chi connectivity index (χ1v) is 32.0. The van der Waals surface area contributed by atoms with E-state index in [1.807, 2.05) is 104 Å². The number of rotatable bonds is 17. The number of para-hydroxylation sites is 3. The first kappa shape index (κ1) is 63.3. The fourth-order valence-corrected chi connectivity index (χ4v) is 12.9. The Kier molecular flexibility index (Phi) is 21.4. The van der Waals surface area contributed by atoms with Gasteiger partial charge >= 0.3 is 0 Å². The Morgan fingerprint density at radius 1 is 0.483 bits per heavy atom. The van der Waals surface area contributed by atoms with Gasteiger partial charge in [-0.2, -0.15) is 0 Å². The molecule has 3 fully saturated rings. The van der Waals surface area contributed by atoms with E-state index in [9.17, 15) is 14.7 Å². The molecule has 3 aliphatic heterocycles. The van der Waals surface area contributed by atoms with E-state index in [1.165, 1.54) is 60.9 Å². The van der Waals surface area contributed by atoms with Crippen LogP contribution in [0.15, 0.2) is 146 Å². The van der Waals surface area contributed by atoms with Crippen LogP contribution in [0.3, 0.4) is 0 Å². The molecule has 3 aromatic heterocycles. The average Bonchev–Trinajstić information content (AvgIpc) is 1.84. The highest BCUT2D eigenvalue weighted by molar-refractivity contribution is 6.45. The molecular formula is C72H83Cl3N6O6. The summed E-state index contributed by atoms with van der Waals surface area (Å²) in [6.07, 6.45) is 7.43. The Morgan fingerprint density at radius 3 is 1.37 bits per heavy atom. The van der Waals surface area contributed by atoms with Crippen LogP contribution in [0.4, 0.5) is 0 Å². The van der Waals surface area contributed by atoms with Crippen LogP contribution in [-0.4, -0.2) is 97.6 Å². The number of hydrogen-bond donors (Lipinski definition) is 1. The minimum absolute atomic E-state index is 0.179. The van der Waals surface area contributed by atoms with E-state index in [1.54, 1.807) is 29.2 Å². The molecule has 12 nitrogen and oxygen atoms in total. The van der Waals surface area contributed by atoms with Gasteiger partial charge in [-0.3, -0.25) is 9.59 Å². The van der Waals surface area contributed by atoms with Gasteiger partial charge in [-0.15, -0.1) is 0 Å². The number of ketones is 1. The Labute approximate surface area is 528 Å². The molecular weight excluding hydrogens is 1150 g/mol. The number of aromatic nitrogens is 3. The maximum Gasteiger partial charge on any atom is 0.295 e. The lowest BCUT2D eigenvalue weighted by Gasteiger charge is -2.31. The predicted molar refractivity (Wildman–Crippen MR) is 354 cm³/mol. The summed E-state index contributed by atoms with van der Waals surface area (Å²) in [4.78, 5) is 33.1. The number of aliphatic hydroxyl groups is 1. The molecule has 15 heteroatoms. The van der Waals surface area contributed by atoms with Crippen molar-refractivity contribution in [3.8, 4) is 17.2 Å². The number of carbonyl (C=O) groups excluding carboxylic acids is 2. The summed E-state index contributed by atoms with van der Waals surface area (Å²) < 4.78 is 24.5. The summed E-state index contributed by atoms with van der Waals surface area (Å²) in [6.45, 7) is 15.6. The van der Waals surface area contributed by atoms with Gasteiger partial charge in [0.25, 0.3) is 11.7 Å². The molecule has 12 rings (SSSR count). The fraction of sp³-hybridized carbons (Fsp3) is 0.389. The summed E-state index contributed by atoms with van der Waals surface area (Å²) in [5.74, 6) is 3.63. The second-order valence-corrected chi connectivity index (χ2v) is 25.4. The number of fused-ring (bicyclic) bond motifs is 3. The zero-order chi connectivity index (χ0) is 61.1. The maximum absolute atomic E-state index is 13.4. The first-order valence-electron chi connectivity index (χ1n) is 30.9. The minimum Gasteiger partial charge on any atom is -0.487 e. The molecule has 9 aromatic rings. The largest absolute Gasteiger partial charge is 0.487 e. The van der Waals surface area contributed by atoms with Gasteiger partial charge in [-0.25, -0.2) is 0 Å². The monoisotopic (exact) mass is 1230 g/mol. The van der Waals surface area contributed by atoms with Crippen molar-refractivity contribution in [1.29, 1.82) is 0 Å². The molecule has 6 aromatic carbocycles. The standard InChI is InChI=1S/C24H25ClN2O3.C24H29ClN2O2.C24H29ClN2O/c1-16-11-13-27(14-12-16)24(29)23(28)22-19-5-3-4-6-20(19)26(2)21(22)15-30-18-9-7-17(25)8-10-18;1-17-11-13-27(14-12-17)15-23(28)24-20-5-3-4-6-21(20)26(2)22(24)16-29-19-9-7-18(25)8-10-19;1-18-11-14-27(15-12-18)16-13-22-21-5-3-4-6-23(21)26(2)24(22)17-28-20-9-7-19(25)8-10-20/h3-10,16H,11-15H2,1-2H3;3-10,17,23,28H,11-16H2,1-2H3;3-10,18H,11-17H2,1-2H3. The summed E-state index contributed by atoms with van der Waals surface area (Å²) in [5.41, 5.74) is 9.10. The topological polar surface area (TPSA) is 107 Å². The van der Waals surface area contributed by atoms with E-state index < -0.39 is 17.8 Å². The number of nitrogens with zero attached hydrogens (tertiary/aromatic N) is 6. The van der Waals surface area contributed by atoms with Crippen LogP contribution in [0.1, 0.15) is 104 Å². The highest BCUT2D eigenvalue weighted by Gasteiger charge is 2.32. The summed E-state index contributed by atoms with van der Waals surface area (Å²) in [5, 5.41) is 16.5. The van der Waals surface area contributed by atoms with Crippen LogP contribution in [0, 0.1) is 17.8 Å². The number of Topliss-reactive ketones (excluding diaryl/α,β-unsaturated/α-hetero) is 1. The number of likely N-dealkylation sites (tertiary alicyclic amines) is 3. The van der Waals surface area contributed by atoms with Crippen molar-refractivity contribution < 1.29 is 28.9 Å². The van der Waals surface area contributed by atoms with Gasteiger partial charge in [-0.1, -0.05) is 110 Å². The number of amides is 1. The molecule has 1 N–H and O–H groups in total. The van der Waals surface area contributed by atoms with Gasteiger partial charge < -0.3 is 47.7 Å². The average molecular weight is 1230 g/mol. The number of ether oxygens (including phenoxy) is 3. The second kappa shape index (κ2) is 29.5. The van der Waals surface area contributed by atoms with E-state index >= 15 is 0 Å². The molecule has 1 amide bonds. The minimum atomic E-state index is -0.543. The van der Waals surface area contributed by atoms with Crippen LogP contribution in [-0.2, 0) is 52.2 Å². The van der Waals surface area contributed by atoms with Crippen molar-refractivity contribution in [2.24, 2.45) is 38.9 Å². The van der Waals surface area contributed by atoms with Crippen molar-refractivity contribution in [3.05, 3.63) is 194 Å². The smallest absolute Gasteiger partial charge is 0.295 e. The first-order chi connectivity index (χ1) is 42.1. The molecule has 0 spiro atoms. The SMILES string of the molecule is CC1CCN(C(=O)C(=O)c2c(COc3ccc(Cl)cc3)n(C)c3ccccc23)CC1.CC1CCN(CC(O)c2c(COc3ccc(Cl)cc3)n(C)c3ccccc23)CC1.CC1CCN(CCc2c(COc3ccc(Cl)cc3)n(C)c3ccccc23)CC1. The lowest BCUT2D eigenvalue weighted by molar-refractivity contribution is -0.127. The molecule has 3 aliphatic rings. The number of aryl methyl sites for hydroxylation is 3. The molecule has 0 bridgehead atoms. The van der Waals surface area contributed by atoms with Crippen LogP contribution >= 0.6 is 34.8 Å². The molecule has 1 atom stereocenters. The van der Waals surface area contributed by atoms with Gasteiger partial charge in [0.15, 0.2) is 0 Å². The van der Waals surface area contributed by atoms with Crippen LogP contribution in [0.5, 0.6) is 17.2 Å². The van der Waals surface area contributed by atoms with Gasteiger partial charge in [0.1, 0.15) is 37.1 Å². The number of halogens is 3. The molecule has 0 aliphatic carbocycles. The predicted octanol–water partition coefficient (Wildman–Crippen LogP) is 15.7. The Bertz CT molecular complexity index is 3740. The van der Waals surface area contributed by atoms with E-state index in [2.05, 4.69) is 83.2 Å². The lowest BCUT2D eigenvalue weighted by atomic mass is 9.98. The third kappa shape index (κ3) is 15.6. The second-order valence-electron chi connectivity index (χ2n) is 24.1. The van der Waals surface area contributed by atoms with E-state index in [0.717, 1.165) is 100 Å². The van der Waals surface area contributed by atoms with Gasteiger partial charge in [0.2, 0.25) is 0 Å². The Morgan fingerprint density at radius 2 is 0.862 bits per heavy atom. The normalized spacial score (nSPS) is 15.9. The highest BCUT2D eigenvalue weighted by atomic mass is 35.5. The molecule has 458 valence electrons. The zero-order valence-corrected chi connectivity index (χ0v) is 53.5. The van der Waals surface area contributed by atoms with Crippen molar-refractivity contribution >= 4 is 79.2 Å². The highest BCUT2D eigenvalue weighted by Crippen LogP contribution is 2.35. The summed E-state index contributed by atoms with van der Waals surface area (Å²) in [7, 11) is 6.09. The van der Waals surface area contributed by atoms with Crippen molar-refractivity contribution in [1.82, 2.24) is 28.4 Å². The lowest BCUT2D eigenvalue weighted by Crippen LogP contribution is -2.42. The quantitative estimate of drug-likeness (QED) is 0.0710. The number of piperidine rings is 3. The fourth-order valence-electron chi connectivity index (χ4n) is 12.5. The van der Waals surface area contributed by atoms with E-state index in [0.29, 0.717) is 65.8 Å². The Balaban J connectivity index is 0.000000145. The zero-order valence-electron chi connectivity index (χ0n) is 51.2.